The minimum atomic E-state index is 0.797. The van der Waals surface area contributed by atoms with Crippen molar-refractivity contribution in [2.75, 3.05) is 0 Å². The van der Waals surface area contributed by atoms with Crippen molar-refractivity contribution in [3.8, 4) is 0 Å². The Kier molecular flexibility index (Phi) is 1.62. The summed E-state index contributed by atoms with van der Waals surface area (Å²) in [7, 11) is 3.02. The van der Waals surface area contributed by atoms with Crippen molar-refractivity contribution in [1.82, 2.24) is 9.55 Å². The Morgan fingerprint density at radius 3 is 3.08 bits per heavy atom. The number of aryl methyl sites for hydroxylation is 1. The highest BCUT2D eigenvalue weighted by atomic mass is 16.2. The Morgan fingerprint density at radius 1 is 1.50 bits per heavy atom. The Labute approximate surface area is 70.9 Å². The lowest BCUT2D eigenvalue weighted by molar-refractivity contribution is 0.615. The molecule has 0 aliphatic heterocycles. The molecule has 3 nitrogen and oxygen atoms in total. The highest BCUT2D eigenvalue weighted by molar-refractivity contribution is 6.45. The molecule has 0 saturated carbocycles. The normalized spacial score (nSPS) is 10.5. The van der Waals surface area contributed by atoms with Crippen LogP contribution in [0.5, 0.6) is 0 Å². The molecule has 0 aliphatic rings. The minimum absolute atomic E-state index is 0.797. The first-order valence-corrected chi connectivity index (χ1v) is 3.70. The van der Waals surface area contributed by atoms with E-state index < -0.39 is 0 Å². The van der Waals surface area contributed by atoms with Gasteiger partial charge >= 0.3 is 7.48 Å². The van der Waals surface area contributed by atoms with E-state index in [1.165, 1.54) is 0 Å². The quantitative estimate of drug-likeness (QED) is 0.585. The van der Waals surface area contributed by atoms with Crippen LogP contribution in [0.1, 0.15) is 0 Å². The number of aromatic nitrogens is 2. The van der Waals surface area contributed by atoms with E-state index in [1.807, 2.05) is 29.8 Å². The summed E-state index contributed by atoms with van der Waals surface area (Å²) in [6, 6.07) is 5.61. The van der Waals surface area contributed by atoms with Crippen molar-refractivity contribution in [1.29, 1.82) is 0 Å². The summed E-state index contributed by atoms with van der Waals surface area (Å²) < 4.78 is 1.92. The molecule has 59 valence electrons. The number of nitrogens with zero attached hydrogens (tertiary/aromatic N) is 2. The Bertz CT molecular complexity index is 410. The monoisotopic (exact) mass is 159 g/mol. The van der Waals surface area contributed by atoms with E-state index in [-0.39, 0.29) is 0 Å². The molecule has 1 aromatic heterocycles. The van der Waals surface area contributed by atoms with Gasteiger partial charge in [-0.2, -0.15) is 0 Å². The fourth-order valence-corrected chi connectivity index (χ4v) is 1.22. The van der Waals surface area contributed by atoms with Gasteiger partial charge in [-0.25, -0.2) is 4.98 Å². The third kappa shape index (κ3) is 1.01. The number of fused-ring (bicyclic) bond motifs is 1. The molecule has 0 saturated heterocycles. The fourth-order valence-electron chi connectivity index (χ4n) is 1.22. The maximum atomic E-state index is 8.77. The van der Waals surface area contributed by atoms with Crippen LogP contribution in [0.25, 0.3) is 11.0 Å². The molecule has 0 spiro atoms. The second-order valence-electron chi connectivity index (χ2n) is 2.73. The molecule has 2 aromatic rings. The van der Waals surface area contributed by atoms with Crippen molar-refractivity contribution in [3.63, 3.8) is 0 Å². The van der Waals surface area contributed by atoms with Gasteiger partial charge in [0.15, 0.2) is 0 Å². The first-order valence-electron chi connectivity index (χ1n) is 3.70. The van der Waals surface area contributed by atoms with Gasteiger partial charge in [0.2, 0.25) is 0 Å². The summed E-state index contributed by atoms with van der Waals surface area (Å²) in [5.74, 6) is 0. The highest BCUT2D eigenvalue weighted by Gasteiger charge is 2.00. The summed E-state index contributed by atoms with van der Waals surface area (Å²) in [5.41, 5.74) is 2.77. The first kappa shape index (κ1) is 7.37. The van der Waals surface area contributed by atoms with Crippen LogP contribution >= 0.6 is 0 Å². The fraction of sp³-hybridized carbons (Fsp3) is 0.125. The van der Waals surface area contributed by atoms with Gasteiger partial charge in [-0.05, 0) is 12.1 Å². The van der Waals surface area contributed by atoms with Gasteiger partial charge in [0.1, 0.15) is 0 Å². The van der Waals surface area contributed by atoms with E-state index in [9.17, 15) is 0 Å². The summed E-state index contributed by atoms with van der Waals surface area (Å²) in [5, 5.41) is 8.77. The molecule has 4 heteroatoms. The van der Waals surface area contributed by atoms with Gasteiger partial charge in [-0.15, -0.1) is 0 Å². The number of hydrogen-bond acceptors (Lipinski definition) is 2. The Hall–Kier alpha value is -1.29. The average molecular weight is 159 g/mol. The summed E-state index contributed by atoms with van der Waals surface area (Å²) in [6.07, 6.45) is 1.76. The van der Waals surface area contributed by atoms with Crippen LogP contribution in [0.3, 0.4) is 0 Å². The summed E-state index contributed by atoms with van der Waals surface area (Å²) in [6.45, 7) is 0. The predicted octanol–water partition coefficient (Wildman–Crippen LogP) is -0.190. The van der Waals surface area contributed by atoms with Crippen LogP contribution in [-0.4, -0.2) is 22.1 Å². The van der Waals surface area contributed by atoms with E-state index in [0.29, 0.717) is 0 Å². The second kappa shape index (κ2) is 2.64. The van der Waals surface area contributed by atoms with Crippen molar-refractivity contribution in [2.24, 2.45) is 7.05 Å². The molecule has 0 bridgehead atoms. The van der Waals surface area contributed by atoms with E-state index >= 15 is 0 Å². The van der Waals surface area contributed by atoms with E-state index in [2.05, 4.69) is 4.98 Å². The van der Waals surface area contributed by atoms with E-state index in [1.54, 1.807) is 6.33 Å². The van der Waals surface area contributed by atoms with Gasteiger partial charge in [0.05, 0.1) is 17.4 Å². The molecule has 0 atom stereocenters. The van der Waals surface area contributed by atoms with Crippen LogP contribution < -0.4 is 5.46 Å². The standard InChI is InChI=1S/C8H8BN2O/c1-11-5-10-7-3-2-6(9-12)4-8(7)11/h2-5,12H,1H3. The van der Waals surface area contributed by atoms with Crippen LogP contribution in [-0.2, 0) is 7.05 Å². The van der Waals surface area contributed by atoms with Gasteiger partial charge < -0.3 is 9.59 Å². The van der Waals surface area contributed by atoms with Crippen LogP contribution in [0, 0.1) is 0 Å². The number of rotatable bonds is 1. The molecule has 0 amide bonds. The zero-order valence-corrected chi connectivity index (χ0v) is 6.73. The lowest BCUT2D eigenvalue weighted by Crippen LogP contribution is -2.12. The largest absolute Gasteiger partial charge is 0.450 e. The lowest BCUT2D eigenvalue weighted by atomic mass is 9.89. The molecule has 12 heavy (non-hydrogen) atoms. The number of benzene rings is 1. The molecule has 1 radical (unpaired) electrons. The number of hydrogen-bond donors (Lipinski definition) is 1. The van der Waals surface area contributed by atoms with Gasteiger partial charge in [-0.1, -0.05) is 11.5 Å². The number of imidazole rings is 1. The van der Waals surface area contributed by atoms with E-state index in [0.717, 1.165) is 24.0 Å². The zero-order valence-electron chi connectivity index (χ0n) is 6.73. The Morgan fingerprint density at radius 2 is 2.33 bits per heavy atom. The maximum absolute atomic E-state index is 8.77. The van der Waals surface area contributed by atoms with Gasteiger partial charge in [-0.3, -0.25) is 0 Å². The molecule has 0 aliphatic carbocycles. The van der Waals surface area contributed by atoms with Crippen molar-refractivity contribution < 1.29 is 5.02 Å². The molecular weight excluding hydrogens is 151 g/mol. The zero-order chi connectivity index (χ0) is 8.55. The van der Waals surface area contributed by atoms with Gasteiger partial charge in [0, 0.05) is 7.05 Å². The van der Waals surface area contributed by atoms with Crippen LogP contribution in [0.2, 0.25) is 0 Å². The third-order valence-electron chi connectivity index (χ3n) is 1.90. The third-order valence-corrected chi connectivity index (χ3v) is 1.90. The SMILES string of the molecule is Cn1cnc2ccc([B]O)cc21. The molecule has 1 N–H and O–H groups in total. The van der Waals surface area contributed by atoms with E-state index in [4.69, 9.17) is 5.02 Å². The van der Waals surface area contributed by atoms with Crippen LogP contribution in [0.4, 0.5) is 0 Å². The smallest absolute Gasteiger partial charge is 0.326 e. The summed E-state index contributed by atoms with van der Waals surface area (Å²) in [4.78, 5) is 4.16. The summed E-state index contributed by atoms with van der Waals surface area (Å²) >= 11 is 0. The van der Waals surface area contributed by atoms with Crippen molar-refractivity contribution in [2.45, 2.75) is 0 Å². The first-order chi connectivity index (χ1) is 5.81. The second-order valence-corrected chi connectivity index (χ2v) is 2.73. The maximum Gasteiger partial charge on any atom is 0.326 e. The lowest BCUT2D eigenvalue weighted by Gasteiger charge is -1.96. The molecule has 0 fully saturated rings. The Balaban J connectivity index is 2.71. The van der Waals surface area contributed by atoms with Crippen molar-refractivity contribution in [3.05, 3.63) is 24.5 Å². The van der Waals surface area contributed by atoms with Crippen molar-refractivity contribution >= 4 is 24.0 Å². The topological polar surface area (TPSA) is 38.0 Å². The molecule has 1 aromatic carbocycles. The molecule has 0 unspecified atom stereocenters. The predicted molar refractivity (Wildman–Crippen MR) is 48.3 cm³/mol. The molecular formula is C8H8BN2O. The highest BCUT2D eigenvalue weighted by Crippen LogP contribution is 2.07. The molecule has 1 heterocycles. The molecule has 2 rings (SSSR count). The van der Waals surface area contributed by atoms with Gasteiger partial charge in [0.25, 0.3) is 0 Å². The van der Waals surface area contributed by atoms with Crippen LogP contribution in [0.15, 0.2) is 24.5 Å². The minimum Gasteiger partial charge on any atom is -0.450 e. The average Bonchev–Trinajstić information content (AvgIpc) is 2.47.